The summed E-state index contributed by atoms with van der Waals surface area (Å²) in [6, 6.07) is 7.07. The molecule has 128 valence electrons. The van der Waals surface area contributed by atoms with Gasteiger partial charge in [-0.25, -0.2) is 14.8 Å². The van der Waals surface area contributed by atoms with E-state index in [1.807, 2.05) is 37.3 Å². The van der Waals surface area contributed by atoms with Gasteiger partial charge in [-0.2, -0.15) is 0 Å². The van der Waals surface area contributed by atoms with Crippen molar-refractivity contribution in [1.82, 2.24) is 14.9 Å². The van der Waals surface area contributed by atoms with E-state index in [0.29, 0.717) is 16.8 Å². The van der Waals surface area contributed by atoms with Gasteiger partial charge < -0.3 is 9.64 Å². The molecule has 25 heavy (non-hydrogen) atoms. The van der Waals surface area contributed by atoms with Gasteiger partial charge in [-0.15, -0.1) is 0 Å². The van der Waals surface area contributed by atoms with Crippen molar-refractivity contribution in [2.24, 2.45) is 0 Å². The molecule has 1 aromatic carbocycles. The predicted octanol–water partition coefficient (Wildman–Crippen LogP) is 2.44. The van der Waals surface area contributed by atoms with Crippen molar-refractivity contribution >= 4 is 18.0 Å². The summed E-state index contributed by atoms with van der Waals surface area (Å²) in [5, 5.41) is 0. The predicted molar refractivity (Wildman–Crippen MR) is 92.2 cm³/mol. The van der Waals surface area contributed by atoms with Crippen molar-refractivity contribution in [3.05, 3.63) is 64.7 Å². The molecule has 0 saturated carbocycles. The fraction of sp³-hybridized carbons (Fsp3) is 0.263. The third-order valence-corrected chi connectivity index (χ3v) is 4.24. The van der Waals surface area contributed by atoms with Crippen molar-refractivity contribution in [2.75, 3.05) is 7.11 Å². The normalized spacial score (nSPS) is 16.5. The standard InChI is InChI=1S/C19H19N3O3/c1-12-4-6-14(7-5-12)8-13(2)18(23)22-10-16-15(9-20-11-21-16)17(22)19(24)25-3/h4-9,11,17H,10H2,1-3H3. The molecule has 2 heterocycles. The molecule has 1 aliphatic rings. The minimum absolute atomic E-state index is 0.228. The second-order valence-electron chi connectivity index (χ2n) is 6.02. The minimum Gasteiger partial charge on any atom is -0.467 e. The van der Waals surface area contributed by atoms with E-state index in [-0.39, 0.29) is 12.5 Å². The zero-order chi connectivity index (χ0) is 18.0. The molecule has 0 aliphatic carbocycles. The van der Waals surface area contributed by atoms with E-state index in [0.717, 1.165) is 11.1 Å². The van der Waals surface area contributed by atoms with E-state index in [1.54, 1.807) is 13.1 Å². The molecule has 6 nitrogen and oxygen atoms in total. The molecule has 1 atom stereocenters. The first-order chi connectivity index (χ1) is 12.0. The molecule has 0 radical (unpaired) electrons. The molecular weight excluding hydrogens is 318 g/mol. The smallest absolute Gasteiger partial charge is 0.333 e. The summed E-state index contributed by atoms with van der Waals surface area (Å²) >= 11 is 0. The van der Waals surface area contributed by atoms with Crippen LogP contribution in [0.4, 0.5) is 0 Å². The number of hydrogen-bond donors (Lipinski definition) is 0. The molecule has 6 heteroatoms. The largest absolute Gasteiger partial charge is 0.467 e. The number of rotatable bonds is 3. The van der Waals surface area contributed by atoms with Gasteiger partial charge in [0, 0.05) is 17.3 Å². The van der Waals surface area contributed by atoms with Gasteiger partial charge in [-0.3, -0.25) is 4.79 Å². The SMILES string of the molecule is COC(=O)C1c2cncnc2CN1C(=O)C(C)=Cc1ccc(C)cc1. The summed E-state index contributed by atoms with van der Waals surface area (Å²) in [6.07, 6.45) is 4.79. The van der Waals surface area contributed by atoms with E-state index in [9.17, 15) is 9.59 Å². The molecule has 1 aromatic heterocycles. The van der Waals surface area contributed by atoms with Crippen LogP contribution in [0.25, 0.3) is 6.08 Å². The summed E-state index contributed by atoms with van der Waals surface area (Å²) in [4.78, 5) is 34.8. The number of hydrogen-bond acceptors (Lipinski definition) is 5. The second kappa shape index (κ2) is 6.84. The number of benzene rings is 1. The molecule has 2 aromatic rings. The molecule has 1 amide bonds. The van der Waals surface area contributed by atoms with Crippen LogP contribution < -0.4 is 0 Å². The first-order valence-corrected chi connectivity index (χ1v) is 7.94. The maximum absolute atomic E-state index is 12.9. The number of carbonyl (C=O) groups is 2. The number of carbonyl (C=O) groups excluding carboxylic acids is 2. The molecule has 0 saturated heterocycles. The maximum atomic E-state index is 12.9. The number of esters is 1. The Labute approximate surface area is 146 Å². The first kappa shape index (κ1) is 16.8. The minimum atomic E-state index is -0.810. The number of methoxy groups -OCH3 is 1. The highest BCUT2D eigenvalue weighted by atomic mass is 16.5. The van der Waals surface area contributed by atoms with Gasteiger partial charge in [-0.05, 0) is 25.5 Å². The summed E-state index contributed by atoms with van der Waals surface area (Å²) in [5.74, 6) is -0.723. The molecular formula is C19H19N3O3. The van der Waals surface area contributed by atoms with Crippen molar-refractivity contribution in [1.29, 1.82) is 0 Å². The van der Waals surface area contributed by atoms with E-state index >= 15 is 0 Å². The number of aromatic nitrogens is 2. The van der Waals surface area contributed by atoms with Crippen molar-refractivity contribution in [3.63, 3.8) is 0 Å². The average Bonchev–Trinajstić information content (AvgIpc) is 3.01. The van der Waals surface area contributed by atoms with Crippen molar-refractivity contribution in [3.8, 4) is 0 Å². The number of fused-ring (bicyclic) bond motifs is 1. The third kappa shape index (κ3) is 3.28. The highest BCUT2D eigenvalue weighted by molar-refractivity contribution is 6.00. The zero-order valence-corrected chi connectivity index (χ0v) is 14.4. The highest BCUT2D eigenvalue weighted by Gasteiger charge is 2.40. The number of ether oxygens (including phenoxy) is 1. The lowest BCUT2D eigenvalue weighted by atomic mass is 10.1. The average molecular weight is 337 g/mol. The maximum Gasteiger partial charge on any atom is 0.333 e. The Morgan fingerprint density at radius 3 is 2.68 bits per heavy atom. The topological polar surface area (TPSA) is 72.4 Å². The molecule has 1 aliphatic heterocycles. The highest BCUT2D eigenvalue weighted by Crippen LogP contribution is 2.34. The van der Waals surface area contributed by atoms with E-state index in [1.165, 1.54) is 18.3 Å². The summed E-state index contributed by atoms with van der Waals surface area (Å²) < 4.78 is 4.87. The Bertz CT molecular complexity index is 843. The quantitative estimate of drug-likeness (QED) is 0.635. The van der Waals surface area contributed by atoms with Gasteiger partial charge in [0.1, 0.15) is 6.33 Å². The van der Waals surface area contributed by atoms with Gasteiger partial charge in [0.2, 0.25) is 0 Å². The summed E-state index contributed by atoms with van der Waals surface area (Å²) in [7, 11) is 1.31. The van der Waals surface area contributed by atoms with E-state index < -0.39 is 12.0 Å². The van der Waals surface area contributed by atoms with Crippen LogP contribution >= 0.6 is 0 Å². The molecule has 1 unspecified atom stereocenters. The van der Waals surface area contributed by atoms with Crippen LogP contribution in [0.1, 0.15) is 35.3 Å². The lowest BCUT2D eigenvalue weighted by molar-refractivity contribution is -0.151. The van der Waals surface area contributed by atoms with Gasteiger partial charge in [0.05, 0.1) is 19.3 Å². The van der Waals surface area contributed by atoms with Gasteiger partial charge in [0.25, 0.3) is 5.91 Å². The second-order valence-corrected chi connectivity index (χ2v) is 6.02. The fourth-order valence-corrected chi connectivity index (χ4v) is 2.90. The Balaban J connectivity index is 1.90. The monoisotopic (exact) mass is 337 g/mol. The van der Waals surface area contributed by atoms with Crippen LogP contribution in [-0.4, -0.2) is 33.9 Å². The van der Waals surface area contributed by atoms with Gasteiger partial charge in [0.15, 0.2) is 6.04 Å². The van der Waals surface area contributed by atoms with Crippen LogP contribution in [0.2, 0.25) is 0 Å². The number of aryl methyl sites for hydroxylation is 1. The van der Waals surface area contributed by atoms with Gasteiger partial charge >= 0.3 is 5.97 Å². The fourth-order valence-electron chi connectivity index (χ4n) is 2.90. The lowest BCUT2D eigenvalue weighted by Crippen LogP contribution is -2.35. The van der Waals surface area contributed by atoms with Crippen molar-refractivity contribution < 1.29 is 14.3 Å². The Morgan fingerprint density at radius 2 is 2.00 bits per heavy atom. The van der Waals surface area contributed by atoms with E-state index in [4.69, 9.17) is 4.74 Å². The Kier molecular flexibility index (Phi) is 4.61. The summed E-state index contributed by atoms with van der Waals surface area (Å²) in [6.45, 7) is 4.01. The van der Waals surface area contributed by atoms with Crippen LogP contribution in [-0.2, 0) is 20.9 Å². The van der Waals surface area contributed by atoms with Crippen LogP contribution in [0.15, 0.2) is 42.4 Å². The van der Waals surface area contributed by atoms with Crippen LogP contribution in [0.5, 0.6) is 0 Å². The van der Waals surface area contributed by atoms with Crippen molar-refractivity contribution in [2.45, 2.75) is 26.4 Å². The van der Waals surface area contributed by atoms with Crippen LogP contribution in [0.3, 0.4) is 0 Å². The Hall–Kier alpha value is -3.02. The molecule has 3 rings (SSSR count). The molecule has 0 fully saturated rings. The van der Waals surface area contributed by atoms with Gasteiger partial charge in [-0.1, -0.05) is 29.8 Å². The number of amides is 1. The van der Waals surface area contributed by atoms with E-state index in [2.05, 4.69) is 9.97 Å². The Morgan fingerprint density at radius 1 is 1.28 bits per heavy atom. The summed E-state index contributed by atoms with van der Waals surface area (Å²) in [5.41, 5.74) is 3.91. The zero-order valence-electron chi connectivity index (χ0n) is 14.4. The lowest BCUT2D eigenvalue weighted by Gasteiger charge is -2.23. The number of nitrogens with zero attached hydrogens (tertiary/aromatic N) is 3. The first-order valence-electron chi connectivity index (χ1n) is 7.94. The molecule has 0 N–H and O–H groups in total. The molecule has 0 bridgehead atoms. The van der Waals surface area contributed by atoms with Crippen LogP contribution in [0, 0.1) is 6.92 Å². The third-order valence-electron chi connectivity index (χ3n) is 4.24. The molecule has 0 spiro atoms.